The van der Waals surface area contributed by atoms with Crippen LogP contribution in [0.1, 0.15) is 12.0 Å². The Bertz CT molecular complexity index is 877. The van der Waals surface area contributed by atoms with E-state index in [0.29, 0.717) is 0 Å². The lowest BCUT2D eigenvalue weighted by Gasteiger charge is -2.42. The zero-order valence-electron chi connectivity index (χ0n) is 15.3. The summed E-state index contributed by atoms with van der Waals surface area (Å²) >= 11 is 0. The molecule has 0 spiro atoms. The number of rotatable bonds is 7. The van der Waals surface area contributed by atoms with E-state index in [0.717, 1.165) is 0 Å². The van der Waals surface area contributed by atoms with Gasteiger partial charge in [-0.25, -0.2) is 0 Å². The molecule has 1 aromatic carbocycles. The monoisotopic (exact) mass is 514 g/mol. The Morgan fingerprint density at radius 2 is 1.00 bits per heavy atom. The summed E-state index contributed by atoms with van der Waals surface area (Å²) in [6.07, 6.45) is -13.6. The number of hydrogen-bond acceptors (Lipinski definition) is 1. The van der Waals surface area contributed by atoms with Crippen LogP contribution in [0, 0.1) is 11.8 Å². The fourth-order valence-corrected chi connectivity index (χ4v) is 2.09. The van der Waals surface area contributed by atoms with Crippen LogP contribution in [0.25, 0.3) is 0 Å². The van der Waals surface area contributed by atoms with Crippen LogP contribution in [0.2, 0.25) is 0 Å². The maximum absolute atomic E-state index is 13.7. The summed E-state index contributed by atoms with van der Waals surface area (Å²) in [4.78, 5) is 0. The topological polar surface area (TPSA) is 20.2 Å². The molecule has 0 aromatic heterocycles. The number of alkyl halides is 15. The molecule has 0 aliphatic heterocycles. The molecule has 0 heterocycles. The summed E-state index contributed by atoms with van der Waals surface area (Å²) in [5, 5.41) is 9.09. The van der Waals surface area contributed by atoms with E-state index in [4.69, 9.17) is 5.11 Å². The Morgan fingerprint density at radius 3 is 1.42 bits per heavy atom. The molecule has 1 aromatic rings. The molecule has 1 N–H and O–H groups in total. The zero-order chi connectivity index (χ0) is 26.3. The Hall–Kier alpha value is -2.31. The summed E-state index contributed by atoms with van der Waals surface area (Å²) in [6, 6.07) is 6.54. The van der Waals surface area contributed by atoms with Crippen LogP contribution in [0.3, 0.4) is 0 Å². The molecule has 0 radical (unpaired) electrons. The van der Waals surface area contributed by atoms with Gasteiger partial charge in [-0.3, -0.25) is 0 Å². The molecule has 0 fully saturated rings. The smallest absolute Gasteiger partial charge is 0.386 e. The number of halogens is 15. The van der Waals surface area contributed by atoms with Crippen molar-refractivity contribution >= 4 is 0 Å². The standard InChI is InChI=1S/C17H9F15O/c18-11(19,10(33)8-4-7-9-5-2-1-3-6-9)12(20,21)13(22,23)14(24,25)15(26,27)16(28,29)17(30,31)32/h1-3,5-6,10,33H,8H2. The first-order chi connectivity index (χ1) is 14.5. The second-order valence-corrected chi connectivity index (χ2v) is 6.38. The van der Waals surface area contributed by atoms with Crippen LogP contribution in [0.4, 0.5) is 65.9 Å². The molecule has 1 rings (SSSR count). The molecular weight excluding hydrogens is 505 g/mol. The maximum atomic E-state index is 13.7. The van der Waals surface area contributed by atoms with E-state index in [-0.39, 0.29) is 5.56 Å². The Kier molecular flexibility index (Phi) is 7.38. The Morgan fingerprint density at radius 1 is 0.606 bits per heavy atom. The molecule has 16 heteroatoms. The van der Waals surface area contributed by atoms with Gasteiger partial charge in [0.05, 0.1) is 0 Å². The van der Waals surface area contributed by atoms with Crippen molar-refractivity contribution in [3.63, 3.8) is 0 Å². The van der Waals surface area contributed by atoms with Crippen molar-refractivity contribution in [2.24, 2.45) is 0 Å². The molecule has 33 heavy (non-hydrogen) atoms. The van der Waals surface area contributed by atoms with Crippen molar-refractivity contribution in [3.05, 3.63) is 35.9 Å². The lowest BCUT2D eigenvalue weighted by Crippen LogP contribution is -2.73. The van der Waals surface area contributed by atoms with Gasteiger partial charge in [-0.15, -0.1) is 0 Å². The Labute approximate surface area is 174 Å². The van der Waals surface area contributed by atoms with Gasteiger partial charge in [-0.2, -0.15) is 65.9 Å². The fourth-order valence-electron chi connectivity index (χ4n) is 2.09. The predicted octanol–water partition coefficient (Wildman–Crippen LogP) is 6.16. The van der Waals surface area contributed by atoms with Gasteiger partial charge >= 0.3 is 41.7 Å². The van der Waals surface area contributed by atoms with Gasteiger partial charge in [0.1, 0.15) is 6.10 Å². The van der Waals surface area contributed by atoms with Crippen LogP contribution in [0.5, 0.6) is 0 Å². The van der Waals surface area contributed by atoms with E-state index in [1.54, 1.807) is 5.92 Å². The molecule has 1 unspecified atom stereocenters. The highest BCUT2D eigenvalue weighted by molar-refractivity contribution is 5.33. The van der Waals surface area contributed by atoms with Crippen LogP contribution in [-0.4, -0.2) is 52.9 Å². The van der Waals surface area contributed by atoms with Crippen LogP contribution in [0.15, 0.2) is 30.3 Å². The molecule has 0 bridgehead atoms. The average molecular weight is 514 g/mol. The van der Waals surface area contributed by atoms with Crippen LogP contribution >= 0.6 is 0 Å². The van der Waals surface area contributed by atoms with E-state index in [2.05, 4.69) is 0 Å². The molecule has 1 atom stereocenters. The summed E-state index contributed by atoms with van der Waals surface area (Å²) in [5.74, 6) is -44.0. The highest BCUT2D eigenvalue weighted by Gasteiger charge is 2.93. The lowest BCUT2D eigenvalue weighted by molar-refractivity contribution is -0.455. The van der Waals surface area contributed by atoms with E-state index in [9.17, 15) is 65.9 Å². The normalized spacial score (nSPS) is 15.6. The van der Waals surface area contributed by atoms with Crippen LogP contribution in [-0.2, 0) is 0 Å². The highest BCUT2D eigenvalue weighted by Crippen LogP contribution is 2.62. The van der Waals surface area contributed by atoms with E-state index in [1.807, 2.05) is 5.92 Å². The number of aliphatic hydroxyl groups excluding tert-OH is 1. The second-order valence-electron chi connectivity index (χ2n) is 6.38. The minimum Gasteiger partial charge on any atom is -0.386 e. The third-order valence-corrected chi connectivity index (χ3v) is 4.07. The first-order valence-electron chi connectivity index (χ1n) is 8.05. The predicted molar refractivity (Wildman–Crippen MR) is 79.7 cm³/mol. The van der Waals surface area contributed by atoms with Gasteiger partial charge in [0.2, 0.25) is 0 Å². The van der Waals surface area contributed by atoms with Gasteiger partial charge < -0.3 is 5.11 Å². The maximum Gasteiger partial charge on any atom is 0.460 e. The molecule has 0 saturated heterocycles. The van der Waals surface area contributed by atoms with Crippen LogP contribution < -0.4 is 0 Å². The van der Waals surface area contributed by atoms with E-state index in [1.165, 1.54) is 30.3 Å². The first-order valence-corrected chi connectivity index (χ1v) is 8.05. The minimum atomic E-state index is -8.39. The third-order valence-electron chi connectivity index (χ3n) is 4.07. The van der Waals surface area contributed by atoms with Crippen molar-refractivity contribution in [1.29, 1.82) is 0 Å². The highest BCUT2D eigenvalue weighted by atomic mass is 19.4. The van der Waals surface area contributed by atoms with Gasteiger partial charge in [-0.05, 0) is 12.1 Å². The molecular formula is C17H9F15O. The fraction of sp³-hybridized carbons (Fsp3) is 0.529. The first kappa shape index (κ1) is 28.7. The zero-order valence-corrected chi connectivity index (χ0v) is 15.3. The second kappa shape index (κ2) is 8.48. The van der Waals surface area contributed by atoms with Crippen molar-refractivity contribution in [2.75, 3.05) is 0 Å². The minimum absolute atomic E-state index is 0.00524. The SMILES string of the molecule is OC(CC#Cc1ccccc1)C(F)(F)C(F)(F)C(F)(F)C(F)(F)C(F)(F)C(F)(F)C(F)(F)F. The quantitative estimate of drug-likeness (QED) is 0.342. The number of benzene rings is 1. The number of aliphatic hydroxyl groups is 1. The summed E-state index contributed by atoms with van der Waals surface area (Å²) in [7, 11) is 0. The molecule has 0 aliphatic rings. The third kappa shape index (κ3) is 4.43. The van der Waals surface area contributed by atoms with Crippen molar-refractivity contribution in [1.82, 2.24) is 0 Å². The van der Waals surface area contributed by atoms with Crippen molar-refractivity contribution in [2.45, 2.75) is 54.2 Å². The average Bonchev–Trinajstić information content (AvgIpc) is 2.66. The van der Waals surface area contributed by atoms with Gasteiger partial charge in [-0.1, -0.05) is 30.0 Å². The molecule has 0 aliphatic carbocycles. The van der Waals surface area contributed by atoms with Crippen molar-refractivity contribution in [3.8, 4) is 11.8 Å². The Balaban J connectivity index is 3.37. The largest absolute Gasteiger partial charge is 0.460 e. The van der Waals surface area contributed by atoms with Gasteiger partial charge in [0.25, 0.3) is 0 Å². The molecule has 0 amide bonds. The van der Waals surface area contributed by atoms with Gasteiger partial charge in [0.15, 0.2) is 0 Å². The lowest BCUT2D eigenvalue weighted by atomic mass is 9.89. The summed E-state index contributed by atoms with van der Waals surface area (Å²) in [6.45, 7) is 0. The molecule has 188 valence electrons. The van der Waals surface area contributed by atoms with E-state index < -0.39 is 54.2 Å². The summed E-state index contributed by atoms with van der Waals surface area (Å²) in [5.41, 5.74) is 0.00524. The van der Waals surface area contributed by atoms with Gasteiger partial charge in [0, 0.05) is 12.0 Å². The summed E-state index contributed by atoms with van der Waals surface area (Å²) < 4.78 is 196. The number of hydrogen-bond donors (Lipinski definition) is 1. The molecule has 1 nitrogen and oxygen atoms in total. The van der Waals surface area contributed by atoms with Crippen molar-refractivity contribution < 1.29 is 71.0 Å². The molecule has 0 saturated carbocycles. The van der Waals surface area contributed by atoms with E-state index >= 15 is 0 Å².